The number of halogens is 1. The van der Waals surface area contributed by atoms with Gasteiger partial charge >= 0.3 is 5.97 Å². The number of nitrogens with one attached hydrogen (secondary N) is 1. The van der Waals surface area contributed by atoms with Crippen LogP contribution < -0.4 is 4.72 Å². The lowest BCUT2D eigenvalue weighted by atomic mass is 10.0. The highest BCUT2D eigenvalue weighted by Crippen LogP contribution is 2.20. The van der Waals surface area contributed by atoms with Crippen molar-refractivity contribution in [2.24, 2.45) is 5.92 Å². The fraction of sp³-hybridized carbons (Fsp3) is 0.462. The van der Waals surface area contributed by atoms with Gasteiger partial charge in [-0.1, -0.05) is 0 Å². The van der Waals surface area contributed by atoms with Crippen LogP contribution >= 0.6 is 0 Å². The molecule has 0 spiro atoms. The fourth-order valence-corrected chi connectivity index (χ4v) is 3.53. The molecule has 1 aliphatic rings. The van der Waals surface area contributed by atoms with E-state index in [-0.39, 0.29) is 16.9 Å². The van der Waals surface area contributed by atoms with Crippen LogP contribution in [0, 0.1) is 11.7 Å². The van der Waals surface area contributed by atoms with Gasteiger partial charge in [0.15, 0.2) is 0 Å². The molecule has 0 amide bonds. The molecule has 1 aromatic rings. The van der Waals surface area contributed by atoms with Crippen LogP contribution in [0.3, 0.4) is 0 Å². The molecule has 8 heteroatoms. The van der Waals surface area contributed by atoms with E-state index in [1.807, 2.05) is 0 Å². The Morgan fingerprint density at radius 1 is 1.52 bits per heavy atom. The molecule has 1 fully saturated rings. The molecule has 1 heterocycles. The van der Waals surface area contributed by atoms with Gasteiger partial charge in [0, 0.05) is 18.6 Å². The van der Waals surface area contributed by atoms with Gasteiger partial charge in [0.2, 0.25) is 10.0 Å². The lowest BCUT2D eigenvalue weighted by Crippen LogP contribution is -2.38. The molecule has 0 radical (unpaired) electrons. The number of hydrogen-bond donors (Lipinski definition) is 2. The van der Waals surface area contributed by atoms with Crippen LogP contribution in [0.4, 0.5) is 4.39 Å². The molecular weight excluding hydrogens is 301 g/mol. The molecule has 2 rings (SSSR count). The zero-order valence-electron chi connectivity index (χ0n) is 11.4. The van der Waals surface area contributed by atoms with Gasteiger partial charge in [0.1, 0.15) is 5.82 Å². The third kappa shape index (κ3) is 3.58. The fourth-order valence-electron chi connectivity index (χ4n) is 2.19. The van der Waals surface area contributed by atoms with Gasteiger partial charge in [0.25, 0.3) is 0 Å². The van der Waals surface area contributed by atoms with Gasteiger partial charge in [0.05, 0.1) is 17.1 Å². The number of benzene rings is 1. The second-order valence-electron chi connectivity index (χ2n) is 4.98. The van der Waals surface area contributed by atoms with Crippen molar-refractivity contribution in [3.63, 3.8) is 0 Å². The smallest absolute Gasteiger partial charge is 0.338 e. The van der Waals surface area contributed by atoms with Crippen LogP contribution in [-0.4, -0.2) is 38.7 Å². The Kier molecular flexibility index (Phi) is 4.60. The molecule has 0 aromatic heterocycles. The van der Waals surface area contributed by atoms with Crippen LogP contribution in [-0.2, 0) is 14.8 Å². The second kappa shape index (κ2) is 6.08. The normalized spacial score (nSPS) is 20.4. The minimum atomic E-state index is -3.91. The molecular formula is C13H16FNO5S. The Morgan fingerprint density at radius 3 is 2.81 bits per heavy atom. The van der Waals surface area contributed by atoms with Crippen molar-refractivity contribution in [2.45, 2.75) is 24.3 Å². The Labute approximate surface area is 122 Å². The highest BCUT2D eigenvalue weighted by Gasteiger charge is 2.27. The topological polar surface area (TPSA) is 92.7 Å². The minimum absolute atomic E-state index is 0.0687. The van der Waals surface area contributed by atoms with E-state index < -0.39 is 27.4 Å². The van der Waals surface area contributed by atoms with E-state index in [1.54, 1.807) is 6.92 Å². The number of carbonyl (C=O) groups is 1. The summed E-state index contributed by atoms with van der Waals surface area (Å²) >= 11 is 0. The van der Waals surface area contributed by atoms with E-state index in [0.29, 0.717) is 13.2 Å². The predicted molar refractivity (Wildman–Crippen MR) is 72.1 cm³/mol. The first-order valence-electron chi connectivity index (χ1n) is 6.44. The predicted octanol–water partition coefficient (Wildman–Crippen LogP) is 1.23. The maximum atomic E-state index is 13.3. The van der Waals surface area contributed by atoms with Crippen molar-refractivity contribution in [2.75, 3.05) is 13.2 Å². The second-order valence-corrected chi connectivity index (χ2v) is 6.69. The monoisotopic (exact) mass is 317 g/mol. The number of aromatic carboxylic acids is 1. The SMILES string of the molecule is CC(NS(=O)(=O)c1ccc(F)c(C(=O)O)c1)C1CCOC1. The molecule has 1 saturated heterocycles. The molecule has 0 bridgehead atoms. The van der Waals surface area contributed by atoms with E-state index in [9.17, 15) is 17.6 Å². The van der Waals surface area contributed by atoms with E-state index >= 15 is 0 Å². The number of hydrogen-bond acceptors (Lipinski definition) is 4. The molecule has 0 saturated carbocycles. The van der Waals surface area contributed by atoms with Crippen LogP contribution in [0.2, 0.25) is 0 Å². The third-order valence-electron chi connectivity index (χ3n) is 3.49. The van der Waals surface area contributed by atoms with Crippen molar-refractivity contribution in [1.82, 2.24) is 4.72 Å². The Hall–Kier alpha value is -1.51. The van der Waals surface area contributed by atoms with Gasteiger partial charge in [-0.2, -0.15) is 0 Å². The lowest BCUT2D eigenvalue weighted by Gasteiger charge is -2.19. The van der Waals surface area contributed by atoms with Crippen LogP contribution in [0.5, 0.6) is 0 Å². The Morgan fingerprint density at radius 2 is 2.24 bits per heavy atom. The first-order chi connectivity index (χ1) is 9.81. The van der Waals surface area contributed by atoms with Gasteiger partial charge in [-0.05, 0) is 31.5 Å². The number of carboxylic acids is 1. The first-order valence-corrected chi connectivity index (χ1v) is 7.92. The van der Waals surface area contributed by atoms with Gasteiger partial charge in [-0.15, -0.1) is 0 Å². The zero-order valence-corrected chi connectivity index (χ0v) is 12.2. The van der Waals surface area contributed by atoms with Gasteiger partial charge in [-0.25, -0.2) is 22.3 Å². The van der Waals surface area contributed by atoms with E-state index in [0.717, 1.165) is 24.6 Å². The molecule has 2 unspecified atom stereocenters. The maximum absolute atomic E-state index is 13.3. The summed E-state index contributed by atoms with van der Waals surface area (Å²) in [5, 5.41) is 8.84. The van der Waals surface area contributed by atoms with E-state index in [1.165, 1.54) is 0 Å². The molecule has 116 valence electrons. The van der Waals surface area contributed by atoms with Crippen LogP contribution in [0.1, 0.15) is 23.7 Å². The average molecular weight is 317 g/mol. The first kappa shape index (κ1) is 15.9. The summed E-state index contributed by atoms with van der Waals surface area (Å²) in [4.78, 5) is 10.6. The summed E-state index contributed by atoms with van der Waals surface area (Å²) in [5.41, 5.74) is -0.672. The number of ether oxygens (including phenoxy) is 1. The number of rotatable bonds is 5. The van der Waals surface area contributed by atoms with Crippen molar-refractivity contribution in [1.29, 1.82) is 0 Å². The summed E-state index contributed by atoms with van der Waals surface area (Å²) in [5.74, 6) is -2.42. The minimum Gasteiger partial charge on any atom is -0.478 e. The Balaban J connectivity index is 2.23. The molecule has 1 aromatic carbocycles. The largest absolute Gasteiger partial charge is 0.478 e. The van der Waals surface area contributed by atoms with E-state index in [2.05, 4.69) is 4.72 Å². The van der Waals surface area contributed by atoms with Crippen LogP contribution in [0.15, 0.2) is 23.1 Å². The van der Waals surface area contributed by atoms with Crippen LogP contribution in [0.25, 0.3) is 0 Å². The average Bonchev–Trinajstić information content (AvgIpc) is 2.92. The molecule has 2 atom stereocenters. The van der Waals surface area contributed by atoms with Crippen molar-refractivity contribution in [3.05, 3.63) is 29.6 Å². The standard InChI is InChI=1S/C13H16FNO5S/c1-8(9-4-5-20-7-9)15-21(18,19)10-2-3-12(14)11(6-10)13(16)17/h2-3,6,8-9,15H,4-5,7H2,1H3,(H,16,17). The lowest BCUT2D eigenvalue weighted by molar-refractivity contribution is 0.0691. The molecule has 6 nitrogen and oxygen atoms in total. The zero-order chi connectivity index (χ0) is 15.6. The highest BCUT2D eigenvalue weighted by molar-refractivity contribution is 7.89. The summed E-state index contributed by atoms with van der Waals surface area (Å²) in [6.45, 7) is 2.79. The quantitative estimate of drug-likeness (QED) is 0.852. The van der Waals surface area contributed by atoms with Gasteiger partial charge in [-0.3, -0.25) is 0 Å². The number of sulfonamides is 1. The maximum Gasteiger partial charge on any atom is 0.338 e. The molecule has 21 heavy (non-hydrogen) atoms. The highest BCUT2D eigenvalue weighted by atomic mass is 32.2. The van der Waals surface area contributed by atoms with Crippen molar-refractivity contribution in [3.8, 4) is 0 Å². The van der Waals surface area contributed by atoms with Gasteiger partial charge < -0.3 is 9.84 Å². The summed E-state index contributed by atoms with van der Waals surface area (Å²) in [7, 11) is -3.91. The van der Waals surface area contributed by atoms with E-state index in [4.69, 9.17) is 9.84 Å². The van der Waals surface area contributed by atoms with Crippen molar-refractivity contribution < 1.29 is 27.4 Å². The van der Waals surface area contributed by atoms with Crippen molar-refractivity contribution >= 4 is 16.0 Å². The molecule has 2 N–H and O–H groups in total. The Bertz CT molecular complexity index is 640. The summed E-state index contributed by atoms with van der Waals surface area (Å²) < 4.78 is 45.4. The summed E-state index contributed by atoms with van der Waals surface area (Å²) in [6, 6.07) is 2.34. The number of carboxylic acid groups (broad SMARTS) is 1. The third-order valence-corrected chi connectivity index (χ3v) is 5.05. The summed E-state index contributed by atoms with van der Waals surface area (Å²) in [6.07, 6.45) is 0.757. The molecule has 1 aliphatic heterocycles. The molecule has 0 aliphatic carbocycles.